The third-order valence-electron chi connectivity index (χ3n) is 4.46. The fourth-order valence-corrected chi connectivity index (χ4v) is 2.73. The maximum Gasteiger partial charge on any atom is 0.416 e. The van der Waals surface area contributed by atoms with Crippen LogP contribution in [-0.4, -0.2) is 16.9 Å². The van der Waals surface area contributed by atoms with Crippen LogP contribution in [0.2, 0.25) is 0 Å². The molecule has 0 saturated heterocycles. The third-order valence-corrected chi connectivity index (χ3v) is 4.46. The maximum atomic E-state index is 14.4. The number of aromatic hydroxyl groups is 1. The monoisotopic (exact) mass is 382 g/mol. The third kappa shape index (κ3) is 3.32. The van der Waals surface area contributed by atoms with Crippen molar-refractivity contribution in [1.82, 2.24) is 0 Å². The van der Waals surface area contributed by atoms with Gasteiger partial charge >= 0.3 is 6.18 Å². The van der Waals surface area contributed by atoms with Gasteiger partial charge in [0.25, 0.3) is 0 Å². The highest BCUT2D eigenvalue weighted by Gasteiger charge is 2.57. The van der Waals surface area contributed by atoms with Crippen molar-refractivity contribution in [2.24, 2.45) is 11.1 Å². The highest BCUT2D eigenvalue weighted by atomic mass is 19.4. The van der Waals surface area contributed by atoms with Crippen LogP contribution >= 0.6 is 0 Å². The summed E-state index contributed by atoms with van der Waals surface area (Å²) in [7, 11) is 0. The Morgan fingerprint density at radius 3 is 2.15 bits per heavy atom. The Morgan fingerprint density at radius 1 is 1.07 bits per heavy atom. The summed E-state index contributed by atoms with van der Waals surface area (Å²) in [5, 5.41) is 9.41. The number of hydrogen-bond donors (Lipinski definition) is 2. The summed E-state index contributed by atoms with van der Waals surface area (Å²) in [6.45, 7) is 0. The van der Waals surface area contributed by atoms with Crippen molar-refractivity contribution >= 4 is 23.2 Å². The predicted molar refractivity (Wildman–Crippen MR) is 87.5 cm³/mol. The molecule has 142 valence electrons. The zero-order valence-corrected chi connectivity index (χ0v) is 13.8. The molecular formula is C18H14F4N2O3. The number of nitrogens with two attached hydrogens (primary N) is 1. The molecule has 3 rings (SSSR count). The Hall–Kier alpha value is -3.10. The van der Waals surface area contributed by atoms with Crippen LogP contribution in [0.1, 0.15) is 18.4 Å². The minimum atomic E-state index is -4.76. The first-order valence-corrected chi connectivity index (χ1v) is 7.86. The van der Waals surface area contributed by atoms with Crippen LogP contribution in [-0.2, 0) is 15.8 Å². The highest BCUT2D eigenvalue weighted by Crippen LogP contribution is 2.49. The minimum absolute atomic E-state index is 0.0106. The minimum Gasteiger partial charge on any atom is -0.508 e. The molecule has 0 atom stereocenters. The van der Waals surface area contributed by atoms with E-state index in [2.05, 4.69) is 0 Å². The number of alkyl halides is 3. The first-order chi connectivity index (χ1) is 12.6. The quantitative estimate of drug-likeness (QED) is 0.627. The van der Waals surface area contributed by atoms with Crippen LogP contribution in [0.25, 0.3) is 0 Å². The molecule has 0 aliphatic heterocycles. The lowest BCUT2D eigenvalue weighted by Crippen LogP contribution is -2.41. The number of amides is 2. The zero-order chi connectivity index (χ0) is 20.0. The van der Waals surface area contributed by atoms with Crippen LogP contribution in [0.5, 0.6) is 5.75 Å². The van der Waals surface area contributed by atoms with Gasteiger partial charge in [-0.05, 0) is 55.3 Å². The number of nitrogens with zero attached hydrogens (tertiary/aromatic N) is 1. The number of benzene rings is 2. The van der Waals surface area contributed by atoms with E-state index in [0.29, 0.717) is 23.1 Å². The lowest BCUT2D eigenvalue weighted by molar-refractivity contribution is -0.138. The van der Waals surface area contributed by atoms with Crippen molar-refractivity contribution < 1.29 is 32.3 Å². The molecule has 2 aromatic rings. The van der Waals surface area contributed by atoms with Crippen LogP contribution in [0, 0.1) is 11.2 Å². The SMILES string of the molecule is NC(=O)C1(C(=O)N(c2ccc(O)cc2)c2cc(C(F)(F)F)ccc2F)CC1. The van der Waals surface area contributed by atoms with Crippen LogP contribution in [0.3, 0.4) is 0 Å². The van der Waals surface area contributed by atoms with Crippen molar-refractivity contribution in [3.8, 4) is 5.75 Å². The van der Waals surface area contributed by atoms with E-state index in [1.807, 2.05) is 0 Å². The standard InChI is InChI=1S/C18H14F4N2O3/c19-13-6-1-10(18(20,21)22)9-14(13)24(11-2-4-12(25)5-3-11)16(27)17(7-8-17)15(23)26/h1-6,9,25H,7-8H2,(H2,23,26). The average Bonchev–Trinajstić information content (AvgIpc) is 3.39. The normalized spacial score (nSPS) is 15.3. The molecule has 0 bridgehead atoms. The number of carbonyl (C=O) groups is 2. The van der Waals surface area contributed by atoms with E-state index in [1.165, 1.54) is 24.3 Å². The largest absolute Gasteiger partial charge is 0.508 e. The number of phenols is 1. The number of rotatable bonds is 4. The molecule has 0 heterocycles. The molecule has 2 aromatic carbocycles. The van der Waals surface area contributed by atoms with Gasteiger partial charge in [-0.25, -0.2) is 4.39 Å². The van der Waals surface area contributed by atoms with Gasteiger partial charge in [0.15, 0.2) is 0 Å². The average molecular weight is 382 g/mol. The molecule has 0 unspecified atom stereocenters. The Bertz CT molecular complexity index is 906. The number of halogens is 4. The molecule has 0 spiro atoms. The number of phenolic OH excluding ortho intramolecular Hbond substituents is 1. The Labute approximate surface area is 151 Å². The molecular weight excluding hydrogens is 368 g/mol. The second-order valence-electron chi connectivity index (χ2n) is 6.27. The van der Waals surface area contributed by atoms with E-state index < -0.39 is 40.5 Å². The summed E-state index contributed by atoms with van der Waals surface area (Å²) in [6, 6.07) is 6.48. The topological polar surface area (TPSA) is 83.6 Å². The van der Waals surface area contributed by atoms with Crippen molar-refractivity contribution in [3.63, 3.8) is 0 Å². The smallest absolute Gasteiger partial charge is 0.416 e. The van der Waals surface area contributed by atoms with E-state index in [9.17, 15) is 32.3 Å². The van der Waals surface area contributed by atoms with E-state index in [1.54, 1.807) is 0 Å². The molecule has 1 saturated carbocycles. The number of anilines is 2. The van der Waals surface area contributed by atoms with Crippen LogP contribution in [0.4, 0.5) is 28.9 Å². The van der Waals surface area contributed by atoms with Crippen LogP contribution in [0.15, 0.2) is 42.5 Å². The number of hydrogen-bond acceptors (Lipinski definition) is 3. The Balaban J connectivity index is 2.18. The molecule has 9 heteroatoms. The molecule has 5 nitrogen and oxygen atoms in total. The van der Waals surface area contributed by atoms with E-state index in [-0.39, 0.29) is 24.3 Å². The molecule has 1 aliphatic rings. The zero-order valence-electron chi connectivity index (χ0n) is 13.8. The molecule has 3 N–H and O–H groups in total. The van der Waals surface area contributed by atoms with E-state index in [0.717, 1.165) is 0 Å². The Kier molecular flexibility index (Phi) is 4.33. The molecule has 0 radical (unpaired) electrons. The molecule has 0 aromatic heterocycles. The number of carbonyl (C=O) groups excluding carboxylic acids is 2. The summed E-state index contributed by atoms with van der Waals surface area (Å²) in [4.78, 5) is 25.4. The van der Waals surface area contributed by atoms with E-state index >= 15 is 0 Å². The molecule has 1 aliphatic carbocycles. The maximum absolute atomic E-state index is 14.4. The van der Waals surface area contributed by atoms with Crippen molar-refractivity contribution in [2.75, 3.05) is 4.90 Å². The molecule has 27 heavy (non-hydrogen) atoms. The lowest BCUT2D eigenvalue weighted by atomic mass is 10.0. The lowest BCUT2D eigenvalue weighted by Gasteiger charge is -2.27. The second-order valence-corrected chi connectivity index (χ2v) is 6.27. The summed E-state index contributed by atoms with van der Waals surface area (Å²) >= 11 is 0. The van der Waals surface area contributed by atoms with Crippen LogP contribution < -0.4 is 10.6 Å². The van der Waals surface area contributed by atoms with Crippen molar-refractivity contribution in [2.45, 2.75) is 19.0 Å². The molecule has 2 amide bonds. The fraction of sp³-hybridized carbons (Fsp3) is 0.222. The first kappa shape index (κ1) is 18.7. The van der Waals surface area contributed by atoms with E-state index in [4.69, 9.17) is 5.73 Å². The summed E-state index contributed by atoms with van der Waals surface area (Å²) < 4.78 is 53.6. The van der Waals surface area contributed by atoms with Crippen molar-refractivity contribution in [3.05, 3.63) is 53.8 Å². The summed E-state index contributed by atoms with van der Waals surface area (Å²) in [5.74, 6) is -3.08. The fourth-order valence-electron chi connectivity index (χ4n) is 2.73. The van der Waals surface area contributed by atoms with Gasteiger partial charge in [-0.2, -0.15) is 13.2 Å². The van der Waals surface area contributed by atoms with Gasteiger partial charge in [0, 0.05) is 5.69 Å². The first-order valence-electron chi connectivity index (χ1n) is 7.86. The summed E-state index contributed by atoms with van der Waals surface area (Å²) in [6.07, 6.45) is -4.51. The van der Waals surface area contributed by atoms with Gasteiger partial charge in [0.2, 0.25) is 11.8 Å². The van der Waals surface area contributed by atoms with Gasteiger partial charge in [0.1, 0.15) is 17.0 Å². The van der Waals surface area contributed by atoms with Crippen molar-refractivity contribution in [1.29, 1.82) is 0 Å². The van der Waals surface area contributed by atoms with Gasteiger partial charge < -0.3 is 10.8 Å². The highest BCUT2D eigenvalue weighted by molar-refractivity contribution is 6.16. The molecule has 1 fully saturated rings. The summed E-state index contributed by atoms with van der Waals surface area (Å²) in [5.41, 5.74) is 1.88. The second kappa shape index (κ2) is 6.26. The van der Waals surface area contributed by atoms with Gasteiger partial charge in [-0.1, -0.05) is 0 Å². The van der Waals surface area contributed by atoms with Gasteiger partial charge in [0.05, 0.1) is 11.3 Å². The van der Waals surface area contributed by atoms with Gasteiger partial charge in [-0.3, -0.25) is 14.5 Å². The number of primary amides is 1. The predicted octanol–water partition coefficient (Wildman–Crippen LogP) is 3.48. The Morgan fingerprint density at radius 2 is 1.67 bits per heavy atom. The van der Waals surface area contributed by atoms with Gasteiger partial charge in [-0.15, -0.1) is 0 Å².